The molecule has 0 aliphatic rings. The number of anilines is 2. The molecule has 6 heteroatoms. The zero-order valence-electron chi connectivity index (χ0n) is 10.4. The lowest BCUT2D eigenvalue weighted by atomic mass is 10.1. The number of para-hydroxylation sites is 1. The summed E-state index contributed by atoms with van der Waals surface area (Å²) in [6.07, 6.45) is 0. The van der Waals surface area contributed by atoms with Crippen molar-refractivity contribution in [2.24, 2.45) is 0 Å². The first-order valence-corrected chi connectivity index (χ1v) is 6.00. The minimum absolute atomic E-state index is 0.119. The number of esters is 1. The second kappa shape index (κ2) is 5.88. The van der Waals surface area contributed by atoms with Crippen LogP contribution >= 0.6 is 11.6 Å². The van der Waals surface area contributed by atoms with Gasteiger partial charge in [-0.3, -0.25) is 0 Å². The van der Waals surface area contributed by atoms with Crippen LogP contribution in [0, 0.1) is 11.6 Å². The highest BCUT2D eigenvalue weighted by molar-refractivity contribution is 6.33. The van der Waals surface area contributed by atoms with Crippen LogP contribution in [0.5, 0.6) is 0 Å². The molecule has 0 spiro atoms. The van der Waals surface area contributed by atoms with Gasteiger partial charge in [0, 0.05) is 0 Å². The minimum atomic E-state index is -1.17. The lowest BCUT2D eigenvalue weighted by molar-refractivity contribution is 0.0601. The Hall–Kier alpha value is -2.14. The van der Waals surface area contributed by atoms with Crippen molar-refractivity contribution >= 4 is 28.9 Å². The van der Waals surface area contributed by atoms with Gasteiger partial charge in [-0.25, -0.2) is 13.6 Å². The molecule has 20 heavy (non-hydrogen) atoms. The smallest absolute Gasteiger partial charge is 0.340 e. The predicted octanol–water partition coefficient (Wildman–Crippen LogP) is 4.15. The maximum Gasteiger partial charge on any atom is 0.340 e. The molecule has 0 saturated carbocycles. The molecule has 0 bridgehead atoms. The van der Waals surface area contributed by atoms with Crippen LogP contribution in [0.15, 0.2) is 36.4 Å². The van der Waals surface area contributed by atoms with E-state index in [-0.39, 0.29) is 11.3 Å². The summed E-state index contributed by atoms with van der Waals surface area (Å²) in [5.74, 6) is -3.03. The summed E-state index contributed by atoms with van der Waals surface area (Å²) < 4.78 is 31.8. The molecule has 0 radical (unpaired) electrons. The third-order valence-corrected chi connectivity index (χ3v) is 2.96. The molecule has 0 fully saturated rings. The third-order valence-electron chi connectivity index (χ3n) is 2.63. The van der Waals surface area contributed by atoms with Crippen LogP contribution in [0.25, 0.3) is 0 Å². The molecule has 0 aliphatic carbocycles. The van der Waals surface area contributed by atoms with E-state index in [0.29, 0.717) is 10.7 Å². The van der Waals surface area contributed by atoms with Crippen LogP contribution < -0.4 is 5.32 Å². The number of benzene rings is 2. The molecule has 2 rings (SSSR count). The Labute approximate surface area is 119 Å². The normalized spacial score (nSPS) is 10.2. The monoisotopic (exact) mass is 297 g/mol. The quantitative estimate of drug-likeness (QED) is 0.865. The average Bonchev–Trinajstić information content (AvgIpc) is 2.45. The predicted molar refractivity (Wildman–Crippen MR) is 72.4 cm³/mol. The summed E-state index contributed by atoms with van der Waals surface area (Å²) in [7, 11) is 1.16. The zero-order chi connectivity index (χ0) is 14.7. The van der Waals surface area contributed by atoms with Crippen molar-refractivity contribution in [1.82, 2.24) is 0 Å². The van der Waals surface area contributed by atoms with Crippen molar-refractivity contribution < 1.29 is 18.3 Å². The molecule has 0 unspecified atom stereocenters. The lowest BCUT2D eigenvalue weighted by Gasteiger charge is -2.13. The Balaban J connectivity index is 2.52. The summed E-state index contributed by atoms with van der Waals surface area (Å²) in [4.78, 5) is 11.6. The van der Waals surface area contributed by atoms with E-state index in [2.05, 4.69) is 10.1 Å². The highest BCUT2D eigenvalue weighted by Crippen LogP contribution is 2.30. The fourth-order valence-electron chi connectivity index (χ4n) is 1.65. The van der Waals surface area contributed by atoms with E-state index >= 15 is 0 Å². The number of rotatable bonds is 3. The summed E-state index contributed by atoms with van der Waals surface area (Å²) in [5.41, 5.74) is -0.0833. The second-order valence-electron chi connectivity index (χ2n) is 3.88. The van der Waals surface area contributed by atoms with Gasteiger partial charge in [-0.1, -0.05) is 23.7 Å². The highest BCUT2D eigenvalue weighted by atomic mass is 35.5. The van der Waals surface area contributed by atoms with Gasteiger partial charge >= 0.3 is 5.97 Å². The van der Waals surface area contributed by atoms with Gasteiger partial charge in [0.15, 0.2) is 11.6 Å². The number of carbonyl (C=O) groups excluding carboxylic acids is 1. The number of carbonyl (C=O) groups is 1. The SMILES string of the molecule is COC(=O)c1ccc(F)c(F)c1Nc1ccccc1Cl. The van der Waals surface area contributed by atoms with Crippen molar-refractivity contribution in [3.8, 4) is 0 Å². The maximum atomic E-state index is 13.9. The highest BCUT2D eigenvalue weighted by Gasteiger charge is 2.20. The summed E-state index contributed by atoms with van der Waals surface area (Å²) in [6, 6.07) is 8.52. The lowest BCUT2D eigenvalue weighted by Crippen LogP contribution is -2.09. The Morgan fingerprint density at radius 1 is 1.20 bits per heavy atom. The Morgan fingerprint density at radius 3 is 2.55 bits per heavy atom. The van der Waals surface area contributed by atoms with Gasteiger partial charge < -0.3 is 10.1 Å². The molecule has 0 saturated heterocycles. The van der Waals surface area contributed by atoms with Crippen LogP contribution in [0.3, 0.4) is 0 Å². The second-order valence-corrected chi connectivity index (χ2v) is 4.29. The summed E-state index contributed by atoms with van der Waals surface area (Å²) in [6.45, 7) is 0. The first-order chi connectivity index (χ1) is 9.54. The van der Waals surface area contributed by atoms with E-state index in [1.54, 1.807) is 24.3 Å². The molecular weight excluding hydrogens is 288 g/mol. The van der Waals surface area contributed by atoms with E-state index in [9.17, 15) is 13.6 Å². The molecule has 2 aromatic carbocycles. The van der Waals surface area contributed by atoms with E-state index < -0.39 is 17.6 Å². The molecule has 2 aromatic rings. The zero-order valence-corrected chi connectivity index (χ0v) is 11.2. The van der Waals surface area contributed by atoms with Crippen LogP contribution in [-0.2, 0) is 4.74 Å². The molecule has 0 heterocycles. The van der Waals surface area contributed by atoms with Crippen molar-refractivity contribution in [3.05, 3.63) is 58.6 Å². The first-order valence-electron chi connectivity index (χ1n) is 5.62. The van der Waals surface area contributed by atoms with Gasteiger partial charge in [0.05, 0.1) is 29.1 Å². The third kappa shape index (κ3) is 2.72. The Kier molecular flexibility index (Phi) is 4.20. The molecular formula is C14H10ClF2NO2. The van der Waals surface area contributed by atoms with Crippen molar-refractivity contribution in [1.29, 1.82) is 0 Å². The number of ether oxygens (including phenoxy) is 1. The summed E-state index contributed by atoms with van der Waals surface area (Å²) >= 11 is 5.94. The standard InChI is InChI=1S/C14H10ClF2NO2/c1-20-14(19)8-6-7-10(16)12(17)13(8)18-11-5-3-2-4-9(11)15/h2-7,18H,1H3. The topological polar surface area (TPSA) is 38.3 Å². The van der Waals surface area contributed by atoms with Crippen LogP contribution in [0.2, 0.25) is 5.02 Å². The maximum absolute atomic E-state index is 13.9. The van der Waals surface area contributed by atoms with Crippen LogP contribution in [-0.4, -0.2) is 13.1 Å². The van der Waals surface area contributed by atoms with Gasteiger partial charge in [-0.2, -0.15) is 0 Å². The largest absolute Gasteiger partial charge is 0.465 e. The number of halogens is 3. The van der Waals surface area contributed by atoms with Gasteiger partial charge in [0.25, 0.3) is 0 Å². The van der Waals surface area contributed by atoms with Gasteiger partial charge in [0.1, 0.15) is 0 Å². The molecule has 0 amide bonds. The number of nitrogens with one attached hydrogen (secondary N) is 1. The average molecular weight is 298 g/mol. The molecule has 1 N–H and O–H groups in total. The Bertz CT molecular complexity index is 662. The minimum Gasteiger partial charge on any atom is -0.465 e. The van der Waals surface area contributed by atoms with E-state index in [4.69, 9.17) is 11.6 Å². The van der Waals surface area contributed by atoms with Gasteiger partial charge in [0.2, 0.25) is 0 Å². The van der Waals surface area contributed by atoms with E-state index in [0.717, 1.165) is 19.2 Å². The summed E-state index contributed by atoms with van der Waals surface area (Å²) in [5, 5.41) is 2.93. The van der Waals surface area contributed by atoms with Crippen molar-refractivity contribution in [3.63, 3.8) is 0 Å². The van der Waals surface area contributed by atoms with Crippen LogP contribution in [0.1, 0.15) is 10.4 Å². The van der Waals surface area contributed by atoms with E-state index in [1.807, 2.05) is 0 Å². The first kappa shape index (κ1) is 14.3. The molecule has 0 aromatic heterocycles. The molecule has 104 valence electrons. The van der Waals surface area contributed by atoms with Crippen LogP contribution in [0.4, 0.5) is 20.2 Å². The number of hydrogen-bond donors (Lipinski definition) is 1. The number of methoxy groups -OCH3 is 1. The number of hydrogen-bond acceptors (Lipinski definition) is 3. The van der Waals surface area contributed by atoms with Crippen molar-refractivity contribution in [2.45, 2.75) is 0 Å². The van der Waals surface area contributed by atoms with Gasteiger partial charge in [-0.15, -0.1) is 0 Å². The van der Waals surface area contributed by atoms with Gasteiger partial charge in [-0.05, 0) is 24.3 Å². The fourth-order valence-corrected chi connectivity index (χ4v) is 1.83. The Morgan fingerprint density at radius 2 is 1.90 bits per heavy atom. The molecule has 3 nitrogen and oxygen atoms in total. The van der Waals surface area contributed by atoms with E-state index in [1.165, 1.54) is 0 Å². The fraction of sp³-hybridized carbons (Fsp3) is 0.0714. The molecule has 0 atom stereocenters. The molecule has 0 aliphatic heterocycles. The van der Waals surface area contributed by atoms with Crippen molar-refractivity contribution in [2.75, 3.05) is 12.4 Å².